The summed E-state index contributed by atoms with van der Waals surface area (Å²) in [5.41, 5.74) is 2.22. The number of nitrogens with one attached hydrogen (secondary N) is 1. The molecule has 0 bridgehead atoms. The fourth-order valence-corrected chi connectivity index (χ4v) is 5.06. The second-order valence-electron chi connectivity index (χ2n) is 8.56. The van der Waals surface area contributed by atoms with Crippen LogP contribution in [0.1, 0.15) is 38.3 Å². The molecule has 1 heterocycles. The van der Waals surface area contributed by atoms with Crippen molar-refractivity contribution in [1.82, 2.24) is 10.2 Å². The first kappa shape index (κ1) is 27.3. The van der Waals surface area contributed by atoms with Crippen LogP contribution in [0.4, 0.5) is 5.69 Å². The van der Waals surface area contributed by atoms with Gasteiger partial charge in [0, 0.05) is 19.2 Å². The van der Waals surface area contributed by atoms with Crippen molar-refractivity contribution in [3.8, 4) is 11.5 Å². The lowest BCUT2D eigenvalue weighted by Gasteiger charge is -2.33. The third-order valence-corrected chi connectivity index (χ3v) is 7.74. The normalized spacial score (nSPS) is 13.6. The molecular formula is C26H35N3O6S. The van der Waals surface area contributed by atoms with Crippen molar-refractivity contribution >= 4 is 27.5 Å². The highest BCUT2D eigenvalue weighted by atomic mass is 32.2. The third kappa shape index (κ3) is 6.48. The minimum atomic E-state index is -3.82. The largest absolute Gasteiger partial charge is 0.486 e. The molecule has 1 N–H and O–H groups in total. The molecule has 0 spiro atoms. The van der Waals surface area contributed by atoms with Gasteiger partial charge in [0.25, 0.3) is 0 Å². The van der Waals surface area contributed by atoms with Crippen molar-refractivity contribution in [1.29, 1.82) is 0 Å². The molecular weight excluding hydrogens is 482 g/mol. The molecule has 36 heavy (non-hydrogen) atoms. The Labute approximate surface area is 213 Å². The van der Waals surface area contributed by atoms with Gasteiger partial charge in [0.2, 0.25) is 21.8 Å². The van der Waals surface area contributed by atoms with Gasteiger partial charge in [-0.2, -0.15) is 0 Å². The molecule has 0 fully saturated rings. The monoisotopic (exact) mass is 517 g/mol. The van der Waals surface area contributed by atoms with Crippen LogP contribution >= 0.6 is 0 Å². The molecule has 10 heteroatoms. The highest BCUT2D eigenvalue weighted by Crippen LogP contribution is 2.35. The first-order chi connectivity index (χ1) is 17.2. The Morgan fingerprint density at radius 3 is 2.28 bits per heavy atom. The molecule has 2 aromatic carbocycles. The van der Waals surface area contributed by atoms with Crippen LogP contribution in [0.5, 0.6) is 11.5 Å². The van der Waals surface area contributed by atoms with Crippen molar-refractivity contribution in [3.63, 3.8) is 0 Å². The first-order valence-electron chi connectivity index (χ1n) is 12.2. The highest BCUT2D eigenvalue weighted by Gasteiger charge is 2.32. The Morgan fingerprint density at radius 2 is 1.67 bits per heavy atom. The van der Waals surface area contributed by atoms with Gasteiger partial charge in [0.15, 0.2) is 11.5 Å². The number of benzene rings is 2. The number of carbonyl (C=O) groups excluding carboxylic acids is 2. The van der Waals surface area contributed by atoms with Gasteiger partial charge in [-0.25, -0.2) is 8.42 Å². The number of ether oxygens (including phenoxy) is 2. The summed E-state index contributed by atoms with van der Waals surface area (Å²) in [7, 11) is -3.82. The fourth-order valence-electron chi connectivity index (χ4n) is 4.01. The summed E-state index contributed by atoms with van der Waals surface area (Å²) in [4.78, 5) is 28.1. The zero-order valence-electron chi connectivity index (χ0n) is 21.3. The van der Waals surface area contributed by atoms with Crippen molar-refractivity contribution in [2.75, 3.05) is 36.4 Å². The molecule has 3 rings (SSSR count). The van der Waals surface area contributed by atoms with Crippen molar-refractivity contribution in [2.24, 2.45) is 0 Å². The zero-order chi connectivity index (χ0) is 26.3. The standard InChI is InChI=1S/C26H35N3O6S/c1-5-22(26(31)27-6-2)28(17-20-10-8-19(4)9-11-20)25(30)18-29(36(32,33)7-3)21-12-13-23-24(16-21)35-15-14-34-23/h8-13,16,22H,5-7,14-15,17-18H2,1-4H3,(H,27,31). The van der Waals surface area contributed by atoms with Gasteiger partial charge in [-0.05, 0) is 44.9 Å². The number of rotatable bonds is 11. The topological polar surface area (TPSA) is 105 Å². The molecule has 0 saturated heterocycles. The molecule has 196 valence electrons. The van der Waals surface area contributed by atoms with Crippen LogP contribution < -0.4 is 19.1 Å². The Bertz CT molecular complexity index is 1170. The number of amides is 2. The Kier molecular flexibility index (Phi) is 9.19. The molecule has 1 unspecified atom stereocenters. The summed E-state index contributed by atoms with van der Waals surface area (Å²) in [6, 6.07) is 11.7. The van der Waals surface area contributed by atoms with Gasteiger partial charge in [0.1, 0.15) is 25.8 Å². The summed E-state index contributed by atoms with van der Waals surface area (Å²) in [6.45, 7) is 8.06. The Morgan fingerprint density at radius 1 is 1.00 bits per heavy atom. The number of likely N-dealkylation sites (N-methyl/N-ethyl adjacent to an activating group) is 1. The Balaban J connectivity index is 1.97. The molecule has 0 saturated carbocycles. The van der Waals surface area contributed by atoms with Crippen LogP contribution in [0, 0.1) is 6.92 Å². The molecule has 1 aliphatic rings. The smallest absolute Gasteiger partial charge is 0.244 e. The number of hydrogen-bond acceptors (Lipinski definition) is 6. The lowest BCUT2D eigenvalue weighted by molar-refractivity contribution is -0.140. The van der Waals surface area contributed by atoms with E-state index in [9.17, 15) is 18.0 Å². The third-order valence-electron chi connectivity index (χ3n) is 6.00. The Hall–Kier alpha value is -3.27. The average Bonchev–Trinajstić information content (AvgIpc) is 2.88. The average molecular weight is 518 g/mol. The summed E-state index contributed by atoms with van der Waals surface area (Å²) in [6.07, 6.45) is 0.383. The van der Waals surface area contributed by atoms with Gasteiger partial charge in [-0.15, -0.1) is 0 Å². The maximum absolute atomic E-state index is 13.7. The van der Waals surface area contributed by atoms with E-state index in [2.05, 4.69) is 5.32 Å². The summed E-state index contributed by atoms with van der Waals surface area (Å²) in [5, 5.41) is 2.79. The van der Waals surface area contributed by atoms with E-state index in [1.165, 1.54) is 11.8 Å². The summed E-state index contributed by atoms with van der Waals surface area (Å²) < 4.78 is 38.5. The molecule has 2 aromatic rings. The maximum Gasteiger partial charge on any atom is 0.244 e. The SMILES string of the molecule is CCNC(=O)C(CC)N(Cc1ccc(C)cc1)C(=O)CN(c1ccc2c(c1)OCCO2)S(=O)(=O)CC. The molecule has 0 aliphatic carbocycles. The van der Waals surface area contributed by atoms with Crippen molar-refractivity contribution in [3.05, 3.63) is 53.6 Å². The van der Waals surface area contributed by atoms with E-state index >= 15 is 0 Å². The number of anilines is 1. The molecule has 0 aromatic heterocycles. The number of sulfonamides is 1. The number of nitrogens with zero attached hydrogens (tertiary/aromatic N) is 2. The predicted octanol–water partition coefficient (Wildman–Crippen LogP) is 2.87. The highest BCUT2D eigenvalue weighted by molar-refractivity contribution is 7.92. The van der Waals surface area contributed by atoms with E-state index < -0.39 is 28.5 Å². The van der Waals surface area contributed by atoms with Crippen LogP contribution in [0.15, 0.2) is 42.5 Å². The van der Waals surface area contributed by atoms with E-state index in [0.717, 1.165) is 15.4 Å². The summed E-state index contributed by atoms with van der Waals surface area (Å²) in [5.74, 6) is 0.00624. The van der Waals surface area contributed by atoms with Gasteiger partial charge in [-0.3, -0.25) is 13.9 Å². The lowest BCUT2D eigenvalue weighted by Crippen LogP contribution is -2.52. The molecule has 9 nitrogen and oxygen atoms in total. The molecule has 1 aliphatic heterocycles. The van der Waals surface area contributed by atoms with Gasteiger partial charge < -0.3 is 19.7 Å². The fraction of sp³-hybridized carbons (Fsp3) is 0.462. The zero-order valence-corrected chi connectivity index (χ0v) is 22.1. The number of hydrogen-bond donors (Lipinski definition) is 1. The van der Waals surface area contributed by atoms with E-state index in [-0.39, 0.29) is 18.2 Å². The molecule has 0 radical (unpaired) electrons. The molecule has 1 atom stereocenters. The van der Waals surface area contributed by atoms with E-state index in [0.29, 0.717) is 43.4 Å². The van der Waals surface area contributed by atoms with Gasteiger partial charge in [-0.1, -0.05) is 36.8 Å². The van der Waals surface area contributed by atoms with Crippen LogP contribution in [0.3, 0.4) is 0 Å². The minimum absolute atomic E-state index is 0.176. The second kappa shape index (κ2) is 12.1. The van der Waals surface area contributed by atoms with Crippen molar-refractivity contribution < 1.29 is 27.5 Å². The van der Waals surface area contributed by atoms with Crippen LogP contribution in [-0.4, -0.2) is 63.2 Å². The van der Waals surface area contributed by atoms with E-state index in [1.807, 2.05) is 45.0 Å². The van der Waals surface area contributed by atoms with Crippen molar-refractivity contribution in [2.45, 2.75) is 46.7 Å². The predicted molar refractivity (Wildman–Crippen MR) is 139 cm³/mol. The number of aryl methyl sites for hydroxylation is 1. The number of fused-ring (bicyclic) bond motifs is 1. The summed E-state index contributed by atoms with van der Waals surface area (Å²) >= 11 is 0. The quantitative estimate of drug-likeness (QED) is 0.492. The van der Waals surface area contributed by atoms with Crippen LogP contribution in [0.2, 0.25) is 0 Å². The maximum atomic E-state index is 13.7. The van der Waals surface area contributed by atoms with E-state index in [1.54, 1.807) is 18.2 Å². The van der Waals surface area contributed by atoms with Gasteiger partial charge in [0.05, 0.1) is 11.4 Å². The van der Waals surface area contributed by atoms with Crippen LogP contribution in [0.25, 0.3) is 0 Å². The molecule has 2 amide bonds. The first-order valence-corrected chi connectivity index (χ1v) is 13.8. The second-order valence-corrected chi connectivity index (χ2v) is 10.7. The van der Waals surface area contributed by atoms with Crippen LogP contribution in [-0.2, 0) is 26.2 Å². The van der Waals surface area contributed by atoms with E-state index in [4.69, 9.17) is 9.47 Å². The number of carbonyl (C=O) groups is 2. The van der Waals surface area contributed by atoms with Gasteiger partial charge >= 0.3 is 0 Å². The minimum Gasteiger partial charge on any atom is -0.486 e. The lowest BCUT2D eigenvalue weighted by atomic mass is 10.1.